The maximum Gasteiger partial charge on any atom is 0.143 e. The first-order chi connectivity index (χ1) is 8.26. The van der Waals surface area contributed by atoms with E-state index in [1.54, 1.807) is 6.08 Å². The van der Waals surface area contributed by atoms with E-state index in [-0.39, 0.29) is 0 Å². The van der Waals surface area contributed by atoms with Crippen molar-refractivity contribution in [2.75, 3.05) is 0 Å². The largest absolute Gasteiger partial charge is 0.299 e. The fourth-order valence-electron chi connectivity index (χ4n) is 1.57. The van der Waals surface area contributed by atoms with E-state index in [4.69, 9.17) is 0 Å². The highest BCUT2D eigenvalue weighted by Gasteiger charge is 1.92. The van der Waals surface area contributed by atoms with Crippen LogP contribution in [0, 0.1) is 6.92 Å². The first kappa shape index (κ1) is 13.4. The minimum atomic E-state index is 0.866. The Bertz CT molecular complexity index is 396. The molecule has 0 amide bonds. The molecule has 0 spiro atoms. The van der Waals surface area contributed by atoms with Gasteiger partial charge in [0, 0.05) is 0 Å². The molecule has 0 aromatic heterocycles. The number of aldehydes is 1. The fraction of sp³-hybridized carbons (Fsp3) is 0.312. The molecule has 1 aromatic rings. The van der Waals surface area contributed by atoms with Crippen molar-refractivity contribution in [2.45, 2.75) is 33.1 Å². The lowest BCUT2D eigenvalue weighted by Gasteiger charge is -1.99. The van der Waals surface area contributed by atoms with Gasteiger partial charge in [0.15, 0.2) is 0 Å². The topological polar surface area (TPSA) is 17.1 Å². The van der Waals surface area contributed by atoms with Crippen molar-refractivity contribution >= 4 is 12.4 Å². The molecule has 1 nitrogen and oxygen atoms in total. The number of hydrogen-bond donors (Lipinski definition) is 0. The third kappa shape index (κ3) is 5.30. The van der Waals surface area contributed by atoms with Crippen LogP contribution in [0.25, 0.3) is 6.08 Å². The van der Waals surface area contributed by atoms with Gasteiger partial charge in [0.1, 0.15) is 6.29 Å². The number of rotatable bonds is 6. The summed E-state index contributed by atoms with van der Waals surface area (Å²) in [5.74, 6) is 0. The van der Waals surface area contributed by atoms with Gasteiger partial charge < -0.3 is 0 Å². The summed E-state index contributed by atoms with van der Waals surface area (Å²) in [5, 5.41) is 0. The summed E-state index contributed by atoms with van der Waals surface area (Å²) in [6.07, 6.45) is 9.86. The predicted molar refractivity (Wildman–Crippen MR) is 73.9 cm³/mol. The van der Waals surface area contributed by atoms with Crippen molar-refractivity contribution in [1.82, 2.24) is 0 Å². The minimum Gasteiger partial charge on any atom is -0.299 e. The van der Waals surface area contributed by atoms with Crippen LogP contribution in [0.1, 0.15) is 37.3 Å². The Hall–Kier alpha value is -1.63. The van der Waals surface area contributed by atoms with E-state index in [2.05, 4.69) is 44.2 Å². The molecule has 0 saturated heterocycles. The van der Waals surface area contributed by atoms with Gasteiger partial charge in [-0.3, -0.25) is 4.79 Å². The lowest BCUT2D eigenvalue weighted by molar-refractivity contribution is -0.104. The molecule has 90 valence electrons. The molecular formula is C16H20O. The lowest BCUT2D eigenvalue weighted by Crippen LogP contribution is -1.81. The summed E-state index contributed by atoms with van der Waals surface area (Å²) in [4.78, 5) is 10.5. The van der Waals surface area contributed by atoms with Gasteiger partial charge in [-0.2, -0.15) is 0 Å². The van der Waals surface area contributed by atoms with E-state index < -0.39 is 0 Å². The highest BCUT2D eigenvalue weighted by Crippen LogP contribution is 2.12. The molecule has 1 rings (SSSR count). The maximum atomic E-state index is 10.5. The zero-order chi connectivity index (χ0) is 12.5. The average molecular weight is 228 g/mol. The molecule has 0 aliphatic heterocycles. The minimum absolute atomic E-state index is 0.866. The molecule has 0 aliphatic carbocycles. The highest BCUT2D eigenvalue weighted by molar-refractivity contribution is 5.68. The first-order valence-corrected chi connectivity index (χ1v) is 6.15. The average Bonchev–Trinajstić information content (AvgIpc) is 2.35. The Kier molecular flexibility index (Phi) is 6.02. The van der Waals surface area contributed by atoms with Gasteiger partial charge in [-0.1, -0.05) is 55.3 Å². The van der Waals surface area contributed by atoms with E-state index in [0.29, 0.717) is 0 Å². The van der Waals surface area contributed by atoms with Gasteiger partial charge >= 0.3 is 0 Å². The molecule has 0 N–H and O–H groups in total. The van der Waals surface area contributed by atoms with Crippen LogP contribution in [-0.2, 0) is 4.79 Å². The predicted octanol–water partition coefficient (Wildman–Crippen LogP) is 4.32. The van der Waals surface area contributed by atoms with E-state index in [9.17, 15) is 4.79 Å². The SMILES string of the molecule is CCCCC(C=Cc1ccc(C)cc1)=CC=O. The molecular weight excluding hydrogens is 208 g/mol. The Balaban J connectivity index is 2.69. The zero-order valence-corrected chi connectivity index (χ0v) is 10.6. The zero-order valence-electron chi connectivity index (χ0n) is 10.6. The van der Waals surface area contributed by atoms with Gasteiger partial charge in [-0.05, 0) is 37.0 Å². The highest BCUT2D eigenvalue weighted by atomic mass is 16.1. The number of aryl methyl sites for hydroxylation is 1. The number of carbonyl (C=O) groups is 1. The fourth-order valence-corrected chi connectivity index (χ4v) is 1.57. The Morgan fingerprint density at radius 1 is 1.24 bits per heavy atom. The van der Waals surface area contributed by atoms with Crippen molar-refractivity contribution in [3.05, 3.63) is 53.1 Å². The van der Waals surface area contributed by atoms with Gasteiger partial charge in [-0.15, -0.1) is 0 Å². The molecule has 0 fully saturated rings. The molecule has 17 heavy (non-hydrogen) atoms. The first-order valence-electron chi connectivity index (χ1n) is 6.15. The van der Waals surface area contributed by atoms with Gasteiger partial charge in [0.25, 0.3) is 0 Å². The van der Waals surface area contributed by atoms with E-state index in [0.717, 1.165) is 31.1 Å². The number of benzene rings is 1. The summed E-state index contributed by atoms with van der Waals surface area (Å²) in [5.41, 5.74) is 3.53. The second kappa shape index (κ2) is 7.61. The summed E-state index contributed by atoms with van der Waals surface area (Å²) >= 11 is 0. The Labute approximate surface area is 104 Å². The molecule has 1 heteroatoms. The molecule has 0 radical (unpaired) electrons. The van der Waals surface area contributed by atoms with E-state index >= 15 is 0 Å². The van der Waals surface area contributed by atoms with Crippen molar-refractivity contribution in [3.63, 3.8) is 0 Å². The number of unbranched alkanes of at least 4 members (excludes halogenated alkanes) is 1. The monoisotopic (exact) mass is 228 g/mol. The van der Waals surface area contributed by atoms with Crippen LogP contribution in [0.3, 0.4) is 0 Å². The normalized spacial score (nSPS) is 12.0. The van der Waals surface area contributed by atoms with E-state index in [1.807, 2.05) is 6.08 Å². The van der Waals surface area contributed by atoms with E-state index in [1.165, 1.54) is 11.1 Å². The smallest absolute Gasteiger partial charge is 0.143 e. The van der Waals surface area contributed by atoms with Crippen LogP contribution in [0.2, 0.25) is 0 Å². The second-order valence-corrected chi connectivity index (χ2v) is 4.23. The molecule has 0 atom stereocenters. The number of allylic oxidation sites excluding steroid dienone is 3. The quantitative estimate of drug-likeness (QED) is 0.402. The number of hydrogen-bond acceptors (Lipinski definition) is 1. The lowest BCUT2D eigenvalue weighted by atomic mass is 10.1. The summed E-state index contributed by atoms with van der Waals surface area (Å²) in [6.45, 7) is 4.23. The van der Waals surface area contributed by atoms with Crippen LogP contribution in [0.5, 0.6) is 0 Å². The van der Waals surface area contributed by atoms with Crippen LogP contribution in [0.15, 0.2) is 42.0 Å². The summed E-state index contributed by atoms with van der Waals surface area (Å²) in [6, 6.07) is 8.36. The van der Waals surface area contributed by atoms with Gasteiger partial charge in [0.05, 0.1) is 0 Å². The van der Waals surface area contributed by atoms with Crippen molar-refractivity contribution < 1.29 is 4.79 Å². The van der Waals surface area contributed by atoms with Crippen molar-refractivity contribution in [3.8, 4) is 0 Å². The van der Waals surface area contributed by atoms with Gasteiger partial charge in [0.2, 0.25) is 0 Å². The molecule has 0 bridgehead atoms. The summed E-state index contributed by atoms with van der Waals surface area (Å²) < 4.78 is 0. The maximum absolute atomic E-state index is 10.5. The second-order valence-electron chi connectivity index (χ2n) is 4.23. The molecule has 0 aliphatic rings. The third-order valence-electron chi connectivity index (χ3n) is 2.67. The Morgan fingerprint density at radius 2 is 1.94 bits per heavy atom. The Morgan fingerprint density at radius 3 is 2.53 bits per heavy atom. The van der Waals surface area contributed by atoms with Gasteiger partial charge in [-0.25, -0.2) is 0 Å². The van der Waals surface area contributed by atoms with Crippen molar-refractivity contribution in [1.29, 1.82) is 0 Å². The third-order valence-corrected chi connectivity index (χ3v) is 2.67. The van der Waals surface area contributed by atoms with Crippen LogP contribution in [-0.4, -0.2) is 6.29 Å². The van der Waals surface area contributed by atoms with Crippen molar-refractivity contribution in [2.24, 2.45) is 0 Å². The van der Waals surface area contributed by atoms with Crippen LogP contribution >= 0.6 is 0 Å². The molecule has 0 heterocycles. The van der Waals surface area contributed by atoms with Crippen LogP contribution < -0.4 is 0 Å². The molecule has 0 unspecified atom stereocenters. The molecule has 1 aromatic carbocycles. The summed E-state index contributed by atoms with van der Waals surface area (Å²) in [7, 11) is 0. The molecule has 0 saturated carbocycles. The number of carbonyl (C=O) groups excluding carboxylic acids is 1. The van der Waals surface area contributed by atoms with Crippen LogP contribution in [0.4, 0.5) is 0 Å². The standard InChI is InChI=1S/C16H20O/c1-3-4-5-15(12-13-17)10-11-16-8-6-14(2)7-9-16/h6-13H,3-5H2,1-2H3.